The topological polar surface area (TPSA) is 3.88 Å². The van der Waals surface area contributed by atoms with Gasteiger partial charge in [-0.1, -0.05) is 64.7 Å². The van der Waals surface area contributed by atoms with Crippen molar-refractivity contribution in [1.82, 2.24) is 0 Å². The van der Waals surface area contributed by atoms with Crippen LogP contribution in [0.5, 0.6) is 0 Å². The number of hydrogen-bond acceptors (Lipinski definition) is 0. The van der Waals surface area contributed by atoms with E-state index >= 15 is 0 Å². The number of pyridine rings is 1. The Balaban J connectivity index is 0.00000400. The maximum Gasteiger partial charge on any atom is 0.169 e. The fourth-order valence-electron chi connectivity index (χ4n) is 2.64. The summed E-state index contributed by atoms with van der Waals surface area (Å²) < 4.78 is 2.31. The third-order valence-corrected chi connectivity index (χ3v) is 4.08. The SMILES string of the molecule is CCCCCCCCCCCCC[n+]1ccc(C)cc1.[Cl-]. The van der Waals surface area contributed by atoms with Crippen molar-refractivity contribution in [2.75, 3.05) is 0 Å². The fraction of sp³-hybridized carbons (Fsp3) is 0.737. The minimum Gasteiger partial charge on any atom is -1.00 e. The lowest BCUT2D eigenvalue weighted by Crippen LogP contribution is -3.00. The minimum atomic E-state index is 0. The zero-order valence-electron chi connectivity index (χ0n) is 14.1. The first kappa shape index (κ1) is 20.4. The van der Waals surface area contributed by atoms with Crippen molar-refractivity contribution in [2.24, 2.45) is 0 Å². The standard InChI is InChI=1S/C19H34N.ClH/c1-3-4-5-6-7-8-9-10-11-12-13-16-20-17-14-19(2)15-18-20;/h14-15,17-18H,3-13,16H2,1-2H3;1H/q+1;/p-1. The Labute approximate surface area is 138 Å². The number of hydrogen-bond donors (Lipinski definition) is 0. The van der Waals surface area contributed by atoms with E-state index in [1.54, 1.807) is 0 Å². The molecule has 21 heavy (non-hydrogen) atoms. The van der Waals surface area contributed by atoms with Gasteiger partial charge in [0.2, 0.25) is 0 Å². The first-order valence-electron chi connectivity index (χ1n) is 8.78. The molecule has 1 heterocycles. The predicted molar refractivity (Wildman–Crippen MR) is 87.8 cm³/mol. The molecule has 0 unspecified atom stereocenters. The number of aryl methyl sites for hydroxylation is 2. The van der Waals surface area contributed by atoms with Crippen molar-refractivity contribution in [1.29, 1.82) is 0 Å². The lowest BCUT2D eigenvalue weighted by Gasteiger charge is -2.02. The molecule has 0 N–H and O–H groups in total. The Morgan fingerprint density at radius 3 is 1.62 bits per heavy atom. The second-order valence-electron chi connectivity index (χ2n) is 6.15. The Bertz CT molecular complexity index is 321. The molecule has 0 aliphatic rings. The number of aromatic nitrogens is 1. The van der Waals surface area contributed by atoms with Crippen molar-refractivity contribution in [3.63, 3.8) is 0 Å². The molecule has 0 radical (unpaired) electrons. The molecule has 0 bridgehead atoms. The predicted octanol–water partition coefficient (Wildman–Crippen LogP) is 2.60. The summed E-state index contributed by atoms with van der Waals surface area (Å²) >= 11 is 0. The molecule has 0 aromatic carbocycles. The molecular formula is C19H34ClN. The van der Waals surface area contributed by atoms with E-state index in [4.69, 9.17) is 0 Å². The molecule has 1 aromatic heterocycles. The zero-order valence-corrected chi connectivity index (χ0v) is 14.9. The van der Waals surface area contributed by atoms with Gasteiger partial charge < -0.3 is 12.4 Å². The zero-order chi connectivity index (χ0) is 14.5. The van der Waals surface area contributed by atoms with Crippen LogP contribution in [0.25, 0.3) is 0 Å². The monoisotopic (exact) mass is 311 g/mol. The smallest absolute Gasteiger partial charge is 0.169 e. The Morgan fingerprint density at radius 1 is 0.714 bits per heavy atom. The summed E-state index contributed by atoms with van der Waals surface area (Å²) in [5.41, 5.74) is 1.35. The highest BCUT2D eigenvalue weighted by atomic mass is 35.5. The van der Waals surface area contributed by atoms with Crippen LogP contribution in [-0.4, -0.2) is 0 Å². The summed E-state index contributed by atoms with van der Waals surface area (Å²) in [5, 5.41) is 0. The lowest BCUT2D eigenvalue weighted by atomic mass is 10.1. The van der Waals surface area contributed by atoms with Crippen molar-refractivity contribution in [3.05, 3.63) is 30.1 Å². The average molecular weight is 312 g/mol. The van der Waals surface area contributed by atoms with Gasteiger partial charge >= 0.3 is 0 Å². The van der Waals surface area contributed by atoms with E-state index in [9.17, 15) is 0 Å². The highest BCUT2D eigenvalue weighted by molar-refractivity contribution is 5.03. The van der Waals surface area contributed by atoms with Crippen LogP contribution in [0.4, 0.5) is 0 Å². The second kappa shape index (κ2) is 14.4. The maximum absolute atomic E-state index is 2.31. The summed E-state index contributed by atoms with van der Waals surface area (Å²) in [5.74, 6) is 0. The third kappa shape index (κ3) is 11.7. The summed E-state index contributed by atoms with van der Waals surface area (Å²) in [4.78, 5) is 0. The Morgan fingerprint density at radius 2 is 1.14 bits per heavy atom. The lowest BCUT2D eigenvalue weighted by molar-refractivity contribution is -0.697. The second-order valence-corrected chi connectivity index (χ2v) is 6.15. The van der Waals surface area contributed by atoms with Crippen LogP contribution in [0.15, 0.2) is 24.5 Å². The molecule has 1 rings (SSSR count). The van der Waals surface area contributed by atoms with Crippen LogP contribution < -0.4 is 17.0 Å². The van der Waals surface area contributed by atoms with Gasteiger partial charge in [0.15, 0.2) is 12.4 Å². The Hall–Kier alpha value is -0.560. The van der Waals surface area contributed by atoms with E-state index < -0.39 is 0 Å². The van der Waals surface area contributed by atoms with Gasteiger partial charge in [0, 0.05) is 18.6 Å². The summed E-state index contributed by atoms with van der Waals surface area (Å²) in [6.07, 6.45) is 20.0. The van der Waals surface area contributed by atoms with Gasteiger partial charge in [-0.2, -0.15) is 0 Å². The van der Waals surface area contributed by atoms with Crippen LogP contribution >= 0.6 is 0 Å². The van der Waals surface area contributed by atoms with Gasteiger partial charge in [-0.25, -0.2) is 4.57 Å². The molecule has 0 aliphatic heterocycles. The normalized spacial score (nSPS) is 10.4. The molecule has 122 valence electrons. The van der Waals surface area contributed by atoms with E-state index in [1.165, 1.54) is 82.7 Å². The summed E-state index contributed by atoms with van der Waals surface area (Å²) in [6, 6.07) is 4.39. The van der Waals surface area contributed by atoms with Crippen LogP contribution in [0.1, 0.15) is 83.1 Å². The van der Waals surface area contributed by atoms with E-state index in [2.05, 4.69) is 42.9 Å². The van der Waals surface area contributed by atoms with Crippen LogP contribution in [0, 0.1) is 6.92 Å². The number of halogens is 1. The van der Waals surface area contributed by atoms with Crippen LogP contribution in [0.2, 0.25) is 0 Å². The van der Waals surface area contributed by atoms with Gasteiger partial charge in [-0.3, -0.25) is 0 Å². The number of unbranched alkanes of at least 4 members (excludes halogenated alkanes) is 10. The van der Waals surface area contributed by atoms with Crippen molar-refractivity contribution in [3.8, 4) is 0 Å². The molecule has 0 spiro atoms. The van der Waals surface area contributed by atoms with E-state index in [0.717, 1.165) is 0 Å². The van der Waals surface area contributed by atoms with Crippen LogP contribution in [-0.2, 0) is 6.54 Å². The van der Waals surface area contributed by atoms with Crippen molar-refractivity contribution < 1.29 is 17.0 Å². The van der Waals surface area contributed by atoms with Gasteiger partial charge in [0.25, 0.3) is 0 Å². The molecule has 1 aromatic rings. The first-order chi connectivity index (χ1) is 9.83. The van der Waals surface area contributed by atoms with Gasteiger partial charge in [0.1, 0.15) is 6.54 Å². The largest absolute Gasteiger partial charge is 1.00 e. The first-order valence-corrected chi connectivity index (χ1v) is 8.78. The number of rotatable bonds is 12. The Kier molecular flexibility index (Phi) is 14.0. The van der Waals surface area contributed by atoms with Gasteiger partial charge in [-0.15, -0.1) is 0 Å². The molecule has 0 atom stereocenters. The quantitative estimate of drug-likeness (QED) is 0.413. The molecular weight excluding hydrogens is 278 g/mol. The molecule has 0 saturated carbocycles. The third-order valence-electron chi connectivity index (χ3n) is 4.08. The molecule has 0 saturated heterocycles. The minimum absolute atomic E-state index is 0. The van der Waals surface area contributed by atoms with Gasteiger partial charge in [-0.05, 0) is 18.9 Å². The van der Waals surface area contributed by atoms with E-state index in [-0.39, 0.29) is 12.4 Å². The highest BCUT2D eigenvalue weighted by Crippen LogP contribution is 2.11. The molecule has 0 amide bonds. The number of nitrogens with zero attached hydrogens (tertiary/aromatic N) is 1. The van der Waals surface area contributed by atoms with E-state index in [1.807, 2.05) is 0 Å². The van der Waals surface area contributed by atoms with Crippen molar-refractivity contribution in [2.45, 2.75) is 91.0 Å². The van der Waals surface area contributed by atoms with Gasteiger partial charge in [0.05, 0.1) is 0 Å². The molecule has 1 nitrogen and oxygen atoms in total. The summed E-state index contributed by atoms with van der Waals surface area (Å²) in [6.45, 7) is 5.61. The van der Waals surface area contributed by atoms with E-state index in [0.29, 0.717) is 0 Å². The summed E-state index contributed by atoms with van der Waals surface area (Å²) in [7, 11) is 0. The van der Waals surface area contributed by atoms with Crippen LogP contribution in [0.3, 0.4) is 0 Å². The molecule has 2 heteroatoms. The maximum atomic E-state index is 2.31. The van der Waals surface area contributed by atoms with Crippen molar-refractivity contribution >= 4 is 0 Å². The highest BCUT2D eigenvalue weighted by Gasteiger charge is 1.99. The molecule has 0 fully saturated rings. The average Bonchev–Trinajstić information content (AvgIpc) is 2.47. The fourth-order valence-corrected chi connectivity index (χ4v) is 2.64. The molecule has 0 aliphatic carbocycles.